The van der Waals surface area contributed by atoms with Gasteiger partial charge in [-0.3, -0.25) is 9.59 Å². The number of nitrogens with one attached hydrogen (secondary N) is 1. The molecule has 1 N–H and O–H groups in total. The number of para-hydroxylation sites is 1. The number of aryl methyl sites for hydroxylation is 2. The molecule has 6 nitrogen and oxygen atoms in total. The second-order valence-corrected chi connectivity index (χ2v) is 6.74. The van der Waals surface area contributed by atoms with Crippen LogP contribution in [0, 0.1) is 0 Å². The van der Waals surface area contributed by atoms with Crippen LogP contribution in [0.25, 0.3) is 0 Å². The van der Waals surface area contributed by atoms with Crippen molar-refractivity contribution in [2.75, 3.05) is 18.5 Å². The van der Waals surface area contributed by atoms with E-state index in [0.29, 0.717) is 11.3 Å². The number of carbonyl (C=O) groups excluding carboxylic acids is 3. The van der Waals surface area contributed by atoms with Gasteiger partial charge in [-0.2, -0.15) is 0 Å². The molecule has 0 aromatic heterocycles. The highest BCUT2D eigenvalue weighted by molar-refractivity contribution is 6.20. The van der Waals surface area contributed by atoms with Crippen molar-refractivity contribution in [3.8, 4) is 0 Å². The van der Waals surface area contributed by atoms with E-state index in [9.17, 15) is 14.4 Å². The van der Waals surface area contributed by atoms with Gasteiger partial charge in [0, 0.05) is 11.3 Å². The number of Topliss-reactive ketones (excluding diaryl/α,β-unsaturated/α-hetero) is 2. The number of esters is 1. The molecule has 2 aromatic carbocycles. The van der Waals surface area contributed by atoms with Crippen LogP contribution in [0.4, 0.5) is 5.69 Å². The van der Waals surface area contributed by atoms with Crippen molar-refractivity contribution in [1.29, 1.82) is 0 Å². The predicted octanol–water partition coefficient (Wildman–Crippen LogP) is 2.82. The van der Waals surface area contributed by atoms with Gasteiger partial charge in [-0.15, -0.1) is 0 Å². The SMILES string of the molecule is O=C1COC(Nc2ccccc2)=C1C(=O)OCC(=O)c1ccc2c(c1)CCC2. The highest BCUT2D eigenvalue weighted by Gasteiger charge is 2.33. The van der Waals surface area contributed by atoms with E-state index in [0.717, 1.165) is 19.3 Å². The second-order valence-electron chi connectivity index (χ2n) is 6.74. The third-order valence-corrected chi connectivity index (χ3v) is 4.84. The summed E-state index contributed by atoms with van der Waals surface area (Å²) in [6.45, 7) is -0.661. The summed E-state index contributed by atoms with van der Waals surface area (Å²) >= 11 is 0. The van der Waals surface area contributed by atoms with Gasteiger partial charge in [-0.1, -0.05) is 30.3 Å². The van der Waals surface area contributed by atoms with Gasteiger partial charge < -0.3 is 14.8 Å². The lowest BCUT2D eigenvalue weighted by molar-refractivity contribution is -0.139. The summed E-state index contributed by atoms with van der Waals surface area (Å²) in [5.41, 5.74) is 3.43. The topological polar surface area (TPSA) is 81.7 Å². The minimum Gasteiger partial charge on any atom is -0.470 e. The molecule has 2 aliphatic rings. The van der Waals surface area contributed by atoms with Crippen LogP contribution < -0.4 is 5.32 Å². The van der Waals surface area contributed by atoms with E-state index < -0.39 is 18.4 Å². The van der Waals surface area contributed by atoms with E-state index in [1.807, 2.05) is 30.3 Å². The predicted molar refractivity (Wildman–Crippen MR) is 102 cm³/mol. The van der Waals surface area contributed by atoms with Gasteiger partial charge in [0.25, 0.3) is 0 Å². The molecule has 2 aromatic rings. The van der Waals surface area contributed by atoms with Crippen molar-refractivity contribution in [2.45, 2.75) is 19.3 Å². The van der Waals surface area contributed by atoms with Crippen LogP contribution in [-0.2, 0) is 31.9 Å². The van der Waals surface area contributed by atoms with Gasteiger partial charge >= 0.3 is 5.97 Å². The lowest BCUT2D eigenvalue weighted by atomic mass is 10.0. The van der Waals surface area contributed by atoms with E-state index in [-0.39, 0.29) is 23.8 Å². The van der Waals surface area contributed by atoms with Crippen LogP contribution in [-0.4, -0.2) is 30.7 Å². The van der Waals surface area contributed by atoms with Crippen LogP contribution in [0.3, 0.4) is 0 Å². The average Bonchev–Trinajstić information content (AvgIpc) is 3.32. The Kier molecular flexibility index (Phi) is 4.93. The first-order valence-electron chi connectivity index (χ1n) is 9.16. The Bertz CT molecular complexity index is 978. The maximum absolute atomic E-state index is 12.4. The molecule has 1 aliphatic carbocycles. The number of anilines is 1. The normalized spacial score (nSPS) is 15.2. The summed E-state index contributed by atoms with van der Waals surface area (Å²) in [5, 5.41) is 2.90. The van der Waals surface area contributed by atoms with Crippen LogP contribution in [0.2, 0.25) is 0 Å². The molecule has 0 fully saturated rings. The van der Waals surface area contributed by atoms with E-state index in [1.54, 1.807) is 18.2 Å². The fraction of sp³-hybridized carbons (Fsp3) is 0.227. The molecule has 142 valence electrons. The van der Waals surface area contributed by atoms with E-state index in [2.05, 4.69) is 5.32 Å². The lowest BCUT2D eigenvalue weighted by Gasteiger charge is -2.09. The summed E-state index contributed by atoms with van der Waals surface area (Å²) < 4.78 is 10.4. The van der Waals surface area contributed by atoms with E-state index >= 15 is 0 Å². The van der Waals surface area contributed by atoms with Crippen molar-refractivity contribution in [2.24, 2.45) is 0 Å². The molecular formula is C22H19NO5. The monoisotopic (exact) mass is 377 g/mol. The third-order valence-electron chi connectivity index (χ3n) is 4.84. The van der Waals surface area contributed by atoms with Crippen LogP contribution >= 0.6 is 0 Å². The molecule has 1 heterocycles. The van der Waals surface area contributed by atoms with Crippen molar-refractivity contribution < 1.29 is 23.9 Å². The first-order chi connectivity index (χ1) is 13.6. The Balaban J connectivity index is 1.43. The van der Waals surface area contributed by atoms with Gasteiger partial charge in [0.05, 0.1) is 0 Å². The van der Waals surface area contributed by atoms with Crippen molar-refractivity contribution in [1.82, 2.24) is 0 Å². The minimum atomic E-state index is -0.865. The largest absolute Gasteiger partial charge is 0.470 e. The molecule has 0 spiro atoms. The number of benzene rings is 2. The zero-order valence-electron chi connectivity index (χ0n) is 15.2. The van der Waals surface area contributed by atoms with E-state index in [4.69, 9.17) is 9.47 Å². The molecule has 0 bridgehead atoms. The number of ether oxygens (including phenoxy) is 2. The standard InChI is InChI=1S/C22H19NO5/c24-18(16-10-9-14-5-4-6-15(14)11-16)12-28-22(26)20-19(25)13-27-21(20)23-17-7-2-1-3-8-17/h1-3,7-11,23H,4-6,12-13H2. The summed E-state index contributed by atoms with van der Waals surface area (Å²) in [6, 6.07) is 14.6. The van der Waals surface area contributed by atoms with Crippen LogP contribution in [0.1, 0.15) is 27.9 Å². The fourth-order valence-corrected chi connectivity index (χ4v) is 3.40. The maximum atomic E-state index is 12.4. The first-order valence-corrected chi connectivity index (χ1v) is 9.16. The Morgan fingerprint density at radius 1 is 1.04 bits per heavy atom. The first kappa shape index (κ1) is 18.0. The van der Waals surface area contributed by atoms with E-state index in [1.165, 1.54) is 11.1 Å². The van der Waals surface area contributed by atoms with Gasteiger partial charge in [0.15, 0.2) is 24.6 Å². The highest BCUT2D eigenvalue weighted by atomic mass is 16.5. The van der Waals surface area contributed by atoms with Gasteiger partial charge in [0.1, 0.15) is 0 Å². The van der Waals surface area contributed by atoms with Gasteiger partial charge in [-0.05, 0) is 48.6 Å². The molecule has 1 aliphatic heterocycles. The maximum Gasteiger partial charge on any atom is 0.347 e. The smallest absolute Gasteiger partial charge is 0.347 e. The summed E-state index contributed by atoms with van der Waals surface area (Å²) in [5.74, 6) is -1.59. The Morgan fingerprint density at radius 2 is 1.82 bits per heavy atom. The highest BCUT2D eigenvalue weighted by Crippen LogP contribution is 2.23. The zero-order chi connectivity index (χ0) is 19.5. The number of hydrogen-bond acceptors (Lipinski definition) is 6. The lowest BCUT2D eigenvalue weighted by Crippen LogP contribution is -2.20. The molecule has 6 heteroatoms. The Labute approximate surface area is 162 Å². The molecule has 0 unspecified atom stereocenters. The average molecular weight is 377 g/mol. The molecule has 0 atom stereocenters. The summed E-state index contributed by atoms with van der Waals surface area (Å²) in [6.07, 6.45) is 3.09. The van der Waals surface area contributed by atoms with Gasteiger partial charge in [-0.25, -0.2) is 4.79 Å². The minimum absolute atomic E-state index is 0.0474. The molecular weight excluding hydrogens is 358 g/mol. The summed E-state index contributed by atoms with van der Waals surface area (Å²) in [4.78, 5) is 36.8. The van der Waals surface area contributed by atoms with Gasteiger partial charge in [0.2, 0.25) is 11.7 Å². The molecule has 0 saturated carbocycles. The molecule has 0 amide bonds. The number of ketones is 2. The number of hydrogen-bond donors (Lipinski definition) is 1. The molecule has 0 radical (unpaired) electrons. The molecule has 0 saturated heterocycles. The van der Waals surface area contributed by atoms with Crippen molar-refractivity contribution >= 4 is 23.2 Å². The number of rotatable bonds is 6. The van der Waals surface area contributed by atoms with Crippen molar-refractivity contribution in [3.63, 3.8) is 0 Å². The third kappa shape index (κ3) is 3.67. The summed E-state index contributed by atoms with van der Waals surface area (Å²) in [7, 11) is 0. The fourth-order valence-electron chi connectivity index (χ4n) is 3.40. The zero-order valence-corrected chi connectivity index (χ0v) is 15.2. The Morgan fingerprint density at radius 3 is 2.64 bits per heavy atom. The molecule has 4 rings (SSSR count). The van der Waals surface area contributed by atoms with Crippen molar-refractivity contribution in [3.05, 3.63) is 76.7 Å². The quantitative estimate of drug-likeness (QED) is 0.474. The number of fused-ring (bicyclic) bond motifs is 1. The van der Waals surface area contributed by atoms with Crippen LogP contribution in [0.5, 0.6) is 0 Å². The Hall–Kier alpha value is -3.41. The second kappa shape index (κ2) is 7.68. The number of carbonyl (C=O) groups is 3. The molecule has 28 heavy (non-hydrogen) atoms. The van der Waals surface area contributed by atoms with Crippen LogP contribution in [0.15, 0.2) is 60.0 Å².